The molecule has 1 nitrogen and oxygen atoms in total. The first-order valence-corrected chi connectivity index (χ1v) is 8.43. The van der Waals surface area contributed by atoms with Crippen LogP contribution in [0.25, 0.3) is 0 Å². The zero-order valence-electron chi connectivity index (χ0n) is 13.0. The molecule has 19 heavy (non-hydrogen) atoms. The van der Waals surface area contributed by atoms with Gasteiger partial charge >= 0.3 is 0 Å². The second-order valence-electron chi connectivity index (χ2n) is 5.49. The molecule has 0 aliphatic heterocycles. The van der Waals surface area contributed by atoms with E-state index in [1.807, 2.05) is 0 Å². The molecule has 110 valence electrons. The van der Waals surface area contributed by atoms with Crippen LogP contribution in [0.4, 0.5) is 0 Å². The average molecular weight is 263 g/mol. The van der Waals surface area contributed by atoms with Gasteiger partial charge in [0.15, 0.2) is 0 Å². The molecule has 0 aromatic carbocycles. The van der Waals surface area contributed by atoms with Crippen molar-refractivity contribution < 1.29 is 0 Å². The van der Waals surface area contributed by atoms with E-state index in [0.29, 0.717) is 0 Å². The van der Waals surface area contributed by atoms with Crippen LogP contribution in [0.5, 0.6) is 0 Å². The molecular weight excluding hydrogens is 230 g/mol. The van der Waals surface area contributed by atoms with Crippen LogP contribution >= 0.6 is 0 Å². The number of nitriles is 1. The Morgan fingerprint density at radius 2 is 1.16 bits per heavy atom. The molecule has 0 fully saturated rings. The summed E-state index contributed by atoms with van der Waals surface area (Å²) in [6.45, 7) is 2.27. The van der Waals surface area contributed by atoms with Gasteiger partial charge in [-0.15, -0.1) is 0 Å². The summed E-state index contributed by atoms with van der Waals surface area (Å²) in [5.74, 6) is 0. The van der Waals surface area contributed by atoms with E-state index in [0.717, 1.165) is 12.8 Å². The van der Waals surface area contributed by atoms with E-state index in [9.17, 15) is 0 Å². The molecule has 0 unspecified atom stereocenters. The van der Waals surface area contributed by atoms with Crippen LogP contribution in [-0.2, 0) is 0 Å². The van der Waals surface area contributed by atoms with Crippen LogP contribution in [0.2, 0.25) is 0 Å². The first kappa shape index (κ1) is 18.2. The maximum absolute atomic E-state index is 8.41. The third-order valence-corrected chi connectivity index (χ3v) is 3.55. The van der Waals surface area contributed by atoms with Gasteiger partial charge in [-0.3, -0.25) is 0 Å². The van der Waals surface area contributed by atoms with Crippen LogP contribution in [0.15, 0.2) is 12.2 Å². The zero-order chi connectivity index (χ0) is 14.0. The highest BCUT2D eigenvalue weighted by molar-refractivity contribution is 4.81. The monoisotopic (exact) mass is 263 g/mol. The summed E-state index contributed by atoms with van der Waals surface area (Å²) in [4.78, 5) is 0. The van der Waals surface area contributed by atoms with Gasteiger partial charge in [0.2, 0.25) is 0 Å². The molecule has 0 rings (SSSR count). The number of nitrogens with zero attached hydrogens (tertiary/aromatic N) is 1. The minimum Gasteiger partial charge on any atom is -0.198 e. The van der Waals surface area contributed by atoms with Crippen LogP contribution in [-0.4, -0.2) is 0 Å². The summed E-state index contributed by atoms with van der Waals surface area (Å²) in [5, 5.41) is 8.41. The van der Waals surface area contributed by atoms with Crippen LogP contribution < -0.4 is 0 Å². The van der Waals surface area contributed by atoms with E-state index in [1.54, 1.807) is 0 Å². The molecular formula is C18H33N. The normalized spacial score (nSPS) is 10.9. The molecule has 0 saturated heterocycles. The lowest BCUT2D eigenvalue weighted by Gasteiger charge is -1.98. The van der Waals surface area contributed by atoms with Crippen LogP contribution in [0, 0.1) is 11.3 Å². The van der Waals surface area contributed by atoms with Gasteiger partial charge in [-0.25, -0.2) is 0 Å². The molecule has 0 bridgehead atoms. The van der Waals surface area contributed by atoms with Crippen molar-refractivity contribution in [2.75, 3.05) is 0 Å². The van der Waals surface area contributed by atoms with Crippen molar-refractivity contribution in [3.05, 3.63) is 12.2 Å². The average Bonchev–Trinajstić information content (AvgIpc) is 2.43. The van der Waals surface area contributed by atoms with Crippen molar-refractivity contribution in [3.63, 3.8) is 0 Å². The minimum atomic E-state index is 0.734. The topological polar surface area (TPSA) is 23.8 Å². The number of rotatable bonds is 14. The van der Waals surface area contributed by atoms with Gasteiger partial charge in [-0.05, 0) is 32.1 Å². The lowest BCUT2D eigenvalue weighted by molar-refractivity contribution is 0.609. The number of hydrogen-bond donors (Lipinski definition) is 0. The predicted molar refractivity (Wildman–Crippen MR) is 85.1 cm³/mol. The third-order valence-electron chi connectivity index (χ3n) is 3.55. The minimum absolute atomic E-state index is 0.734. The fourth-order valence-electron chi connectivity index (χ4n) is 2.27. The van der Waals surface area contributed by atoms with Crippen molar-refractivity contribution >= 4 is 0 Å². The standard InChI is InChI=1S/C18H33N/c1-2-3-4-5-6-7-8-9-10-11-12-13-14-15-16-17-18-19/h9-10H,2-8,11-17H2,1H3. The lowest BCUT2D eigenvalue weighted by atomic mass is 10.1. The molecule has 0 radical (unpaired) electrons. The summed E-state index contributed by atoms with van der Waals surface area (Å²) in [6.07, 6.45) is 22.6. The Labute approximate surface area is 121 Å². The Kier molecular flexibility index (Phi) is 16.5. The Morgan fingerprint density at radius 1 is 0.684 bits per heavy atom. The molecule has 0 aromatic rings. The fourth-order valence-corrected chi connectivity index (χ4v) is 2.27. The molecule has 0 aromatic heterocycles. The van der Waals surface area contributed by atoms with E-state index in [2.05, 4.69) is 25.1 Å². The number of unbranched alkanes of at least 4 members (excludes halogenated alkanes) is 12. The summed E-state index contributed by atoms with van der Waals surface area (Å²) in [5.41, 5.74) is 0. The third kappa shape index (κ3) is 17.2. The molecule has 0 aliphatic rings. The SMILES string of the molecule is CCCCCCCCC=CCCCCCCCC#N. The van der Waals surface area contributed by atoms with Gasteiger partial charge in [0, 0.05) is 6.42 Å². The Balaban J connectivity index is 3.03. The van der Waals surface area contributed by atoms with E-state index in [4.69, 9.17) is 5.26 Å². The van der Waals surface area contributed by atoms with Crippen molar-refractivity contribution in [1.82, 2.24) is 0 Å². The molecule has 0 saturated carbocycles. The zero-order valence-corrected chi connectivity index (χ0v) is 13.0. The van der Waals surface area contributed by atoms with Gasteiger partial charge in [-0.2, -0.15) is 5.26 Å². The second kappa shape index (κ2) is 17.2. The van der Waals surface area contributed by atoms with Crippen LogP contribution in [0.1, 0.15) is 96.8 Å². The molecule has 0 spiro atoms. The van der Waals surface area contributed by atoms with E-state index < -0.39 is 0 Å². The largest absolute Gasteiger partial charge is 0.198 e. The maximum Gasteiger partial charge on any atom is 0.0621 e. The summed E-state index contributed by atoms with van der Waals surface area (Å²) in [6, 6.07) is 2.20. The van der Waals surface area contributed by atoms with E-state index in [1.165, 1.54) is 77.0 Å². The Morgan fingerprint density at radius 3 is 1.68 bits per heavy atom. The molecule has 0 heterocycles. The first-order chi connectivity index (χ1) is 9.41. The highest BCUT2D eigenvalue weighted by Crippen LogP contribution is 2.09. The molecule has 0 aliphatic carbocycles. The van der Waals surface area contributed by atoms with E-state index in [-0.39, 0.29) is 0 Å². The summed E-state index contributed by atoms with van der Waals surface area (Å²) >= 11 is 0. The molecule has 1 heteroatoms. The second-order valence-corrected chi connectivity index (χ2v) is 5.49. The molecule has 0 amide bonds. The van der Waals surface area contributed by atoms with Gasteiger partial charge < -0.3 is 0 Å². The quantitative estimate of drug-likeness (QED) is 0.257. The van der Waals surface area contributed by atoms with Gasteiger partial charge in [0.25, 0.3) is 0 Å². The Hall–Kier alpha value is -0.770. The first-order valence-electron chi connectivity index (χ1n) is 8.43. The smallest absolute Gasteiger partial charge is 0.0621 e. The highest BCUT2D eigenvalue weighted by atomic mass is 14.2. The van der Waals surface area contributed by atoms with Crippen molar-refractivity contribution in [2.45, 2.75) is 96.8 Å². The number of hydrogen-bond acceptors (Lipinski definition) is 1. The molecule has 0 N–H and O–H groups in total. The number of allylic oxidation sites excluding steroid dienone is 2. The van der Waals surface area contributed by atoms with Crippen LogP contribution in [0.3, 0.4) is 0 Å². The predicted octanol–water partition coefficient (Wildman–Crippen LogP) is 6.55. The van der Waals surface area contributed by atoms with Gasteiger partial charge in [0.05, 0.1) is 6.07 Å². The van der Waals surface area contributed by atoms with Gasteiger partial charge in [-0.1, -0.05) is 70.4 Å². The van der Waals surface area contributed by atoms with E-state index >= 15 is 0 Å². The Bertz CT molecular complexity index is 224. The highest BCUT2D eigenvalue weighted by Gasteiger charge is 1.90. The maximum atomic E-state index is 8.41. The fraction of sp³-hybridized carbons (Fsp3) is 0.833. The van der Waals surface area contributed by atoms with Gasteiger partial charge in [0.1, 0.15) is 0 Å². The van der Waals surface area contributed by atoms with Crippen molar-refractivity contribution in [3.8, 4) is 6.07 Å². The summed E-state index contributed by atoms with van der Waals surface area (Å²) < 4.78 is 0. The molecule has 0 atom stereocenters. The summed E-state index contributed by atoms with van der Waals surface area (Å²) in [7, 11) is 0. The lowest BCUT2D eigenvalue weighted by Crippen LogP contribution is -1.79. The van der Waals surface area contributed by atoms with Crippen molar-refractivity contribution in [2.24, 2.45) is 0 Å². The van der Waals surface area contributed by atoms with Crippen molar-refractivity contribution in [1.29, 1.82) is 5.26 Å².